The molecule has 0 radical (unpaired) electrons. The molecule has 1 aromatic carbocycles. The summed E-state index contributed by atoms with van der Waals surface area (Å²) in [5, 5.41) is 5.81. The second-order valence-electron chi connectivity index (χ2n) is 9.51. The third kappa shape index (κ3) is 5.98. The van der Waals surface area contributed by atoms with Crippen LogP contribution >= 0.6 is 11.8 Å². The predicted molar refractivity (Wildman–Crippen MR) is 137 cm³/mol. The summed E-state index contributed by atoms with van der Waals surface area (Å²) >= 11 is 1.85. The summed E-state index contributed by atoms with van der Waals surface area (Å²) in [7, 11) is 0. The molecule has 4 rings (SSSR count). The molecule has 1 saturated heterocycles. The Kier molecular flexibility index (Phi) is 7.57. The normalized spacial score (nSPS) is 18.3. The monoisotopic (exact) mass is 483 g/mol. The topological polar surface area (TPSA) is 120 Å². The molecular formula is C24H33N7O2S. The molecule has 182 valence electrons. The van der Waals surface area contributed by atoms with E-state index in [4.69, 9.17) is 10.5 Å². The quantitative estimate of drug-likeness (QED) is 0.408. The third-order valence-electron chi connectivity index (χ3n) is 5.85. The Hall–Kier alpha value is -2.85. The van der Waals surface area contributed by atoms with Crippen molar-refractivity contribution >= 4 is 40.5 Å². The Bertz CT molecular complexity index is 1110. The lowest BCUT2D eigenvalue weighted by Gasteiger charge is -2.19. The van der Waals surface area contributed by atoms with Gasteiger partial charge in [0.05, 0.1) is 12.4 Å². The molecule has 0 aliphatic carbocycles. The van der Waals surface area contributed by atoms with Crippen LogP contribution in [0.25, 0.3) is 11.2 Å². The van der Waals surface area contributed by atoms with E-state index in [9.17, 15) is 4.79 Å². The third-order valence-corrected chi connectivity index (χ3v) is 7.03. The van der Waals surface area contributed by atoms with Gasteiger partial charge in [-0.25, -0.2) is 19.7 Å². The van der Waals surface area contributed by atoms with Gasteiger partial charge in [0.25, 0.3) is 0 Å². The molecule has 10 heteroatoms. The van der Waals surface area contributed by atoms with Gasteiger partial charge in [-0.1, -0.05) is 32.9 Å². The molecule has 3 heterocycles. The molecule has 9 nitrogen and oxygen atoms in total. The highest BCUT2D eigenvalue weighted by Gasteiger charge is 2.28. The van der Waals surface area contributed by atoms with E-state index in [1.54, 1.807) is 6.33 Å². The average molecular weight is 484 g/mol. The van der Waals surface area contributed by atoms with Gasteiger partial charge in [-0.2, -0.15) is 11.8 Å². The molecule has 2 aromatic heterocycles. The lowest BCUT2D eigenvalue weighted by atomic mass is 9.87. The van der Waals surface area contributed by atoms with E-state index in [0.29, 0.717) is 23.5 Å². The van der Waals surface area contributed by atoms with Crippen molar-refractivity contribution in [1.29, 1.82) is 0 Å². The molecule has 0 spiro atoms. The Labute approximate surface area is 204 Å². The molecule has 0 saturated carbocycles. The number of nitrogens with two attached hydrogens (primary N) is 1. The van der Waals surface area contributed by atoms with Gasteiger partial charge < -0.3 is 21.1 Å². The van der Waals surface area contributed by atoms with Crippen LogP contribution in [-0.4, -0.2) is 49.7 Å². The number of fused-ring (bicyclic) bond motifs is 1. The maximum absolute atomic E-state index is 12.1. The molecule has 0 bridgehead atoms. The zero-order valence-corrected chi connectivity index (χ0v) is 20.8. The number of hydrogen-bond donors (Lipinski definition) is 3. The highest BCUT2D eigenvalue weighted by Crippen LogP contribution is 2.32. The van der Waals surface area contributed by atoms with Crippen LogP contribution in [0.1, 0.15) is 51.8 Å². The van der Waals surface area contributed by atoms with Crippen molar-refractivity contribution in [2.24, 2.45) is 0 Å². The van der Waals surface area contributed by atoms with Crippen LogP contribution in [0.15, 0.2) is 36.9 Å². The molecule has 4 N–H and O–H groups in total. The Morgan fingerprint density at radius 2 is 2.00 bits per heavy atom. The standard InChI is InChI=1S/C24H33N7O2S/c1-24(2,3)16-5-7-17(8-6-16)30-23(32)26-11-4-12-34-13-18-9-10-19(33-18)31-15-29-20-21(25)27-14-28-22(20)31/h5-8,14-15,18-19H,4,9-13H2,1-3H3,(H2,25,27,28)(H2,26,30,32). The summed E-state index contributed by atoms with van der Waals surface area (Å²) in [6.45, 7) is 7.15. The number of nitrogen functional groups attached to an aromatic ring is 1. The second kappa shape index (κ2) is 10.6. The molecule has 1 fully saturated rings. The lowest BCUT2D eigenvalue weighted by Crippen LogP contribution is -2.29. The van der Waals surface area contributed by atoms with E-state index in [1.807, 2.05) is 28.5 Å². The largest absolute Gasteiger partial charge is 0.382 e. The lowest BCUT2D eigenvalue weighted by molar-refractivity contribution is 0.0153. The summed E-state index contributed by atoms with van der Waals surface area (Å²) in [6, 6.07) is 7.83. The number of thioether (sulfide) groups is 1. The van der Waals surface area contributed by atoms with E-state index in [0.717, 1.165) is 36.5 Å². The van der Waals surface area contributed by atoms with Gasteiger partial charge >= 0.3 is 6.03 Å². The molecule has 2 amide bonds. The van der Waals surface area contributed by atoms with E-state index in [1.165, 1.54) is 11.9 Å². The number of anilines is 2. The van der Waals surface area contributed by atoms with Gasteiger partial charge in [0.2, 0.25) is 0 Å². The van der Waals surface area contributed by atoms with Crippen molar-refractivity contribution in [2.75, 3.05) is 29.1 Å². The fourth-order valence-corrected chi connectivity index (χ4v) is 4.94. The van der Waals surface area contributed by atoms with Crippen molar-refractivity contribution < 1.29 is 9.53 Å². The first-order chi connectivity index (χ1) is 16.3. The van der Waals surface area contributed by atoms with Crippen molar-refractivity contribution in [1.82, 2.24) is 24.8 Å². The molecule has 3 aromatic rings. The van der Waals surface area contributed by atoms with Crippen LogP contribution in [0.2, 0.25) is 0 Å². The van der Waals surface area contributed by atoms with Crippen molar-refractivity contribution in [3.8, 4) is 0 Å². The minimum absolute atomic E-state index is 0.0762. The number of urea groups is 1. The number of imidazole rings is 1. The molecule has 1 aliphatic heterocycles. The number of ether oxygens (including phenoxy) is 1. The Balaban J connectivity index is 1.11. The van der Waals surface area contributed by atoms with Gasteiger partial charge in [0.15, 0.2) is 11.5 Å². The van der Waals surface area contributed by atoms with Crippen molar-refractivity contribution in [2.45, 2.75) is 57.8 Å². The average Bonchev–Trinajstić information content (AvgIpc) is 3.43. The maximum atomic E-state index is 12.1. The van der Waals surface area contributed by atoms with E-state index in [2.05, 4.69) is 58.5 Å². The zero-order valence-electron chi connectivity index (χ0n) is 20.0. The first-order valence-corrected chi connectivity index (χ1v) is 12.8. The highest BCUT2D eigenvalue weighted by atomic mass is 32.2. The molecule has 1 aliphatic rings. The van der Waals surface area contributed by atoms with E-state index < -0.39 is 0 Å². The summed E-state index contributed by atoms with van der Waals surface area (Å²) in [5.74, 6) is 2.27. The first-order valence-electron chi connectivity index (χ1n) is 11.6. The van der Waals surface area contributed by atoms with Crippen LogP contribution in [0.4, 0.5) is 16.3 Å². The number of carbonyl (C=O) groups is 1. The molecular weight excluding hydrogens is 450 g/mol. The SMILES string of the molecule is CC(C)(C)c1ccc(NC(=O)NCCCSCC2CCC(n3cnc4c(N)ncnc43)O2)cc1. The second-order valence-corrected chi connectivity index (χ2v) is 10.7. The predicted octanol–water partition coefficient (Wildman–Crippen LogP) is 4.33. The summed E-state index contributed by atoms with van der Waals surface area (Å²) < 4.78 is 8.16. The minimum Gasteiger partial charge on any atom is -0.382 e. The van der Waals surface area contributed by atoms with Crippen LogP contribution in [-0.2, 0) is 10.2 Å². The zero-order chi connectivity index (χ0) is 24.1. The fraction of sp³-hybridized carbons (Fsp3) is 0.500. The van der Waals surface area contributed by atoms with Crippen molar-refractivity contribution in [3.63, 3.8) is 0 Å². The molecule has 2 atom stereocenters. The van der Waals surface area contributed by atoms with Crippen LogP contribution in [0, 0.1) is 0 Å². The number of amides is 2. The molecule has 2 unspecified atom stereocenters. The van der Waals surface area contributed by atoms with Crippen molar-refractivity contribution in [3.05, 3.63) is 42.5 Å². The summed E-state index contributed by atoms with van der Waals surface area (Å²) in [5.41, 5.74) is 9.34. The smallest absolute Gasteiger partial charge is 0.319 e. The highest BCUT2D eigenvalue weighted by molar-refractivity contribution is 7.99. The fourth-order valence-electron chi connectivity index (χ4n) is 3.91. The van der Waals surface area contributed by atoms with Gasteiger partial charge in [0, 0.05) is 18.0 Å². The number of rotatable bonds is 8. The summed E-state index contributed by atoms with van der Waals surface area (Å²) in [6.07, 6.45) is 6.11. The number of carbonyl (C=O) groups excluding carboxylic acids is 1. The number of hydrogen-bond acceptors (Lipinski definition) is 7. The number of nitrogens with one attached hydrogen (secondary N) is 2. The van der Waals surface area contributed by atoms with Gasteiger partial charge in [0.1, 0.15) is 18.1 Å². The van der Waals surface area contributed by atoms with E-state index >= 15 is 0 Å². The van der Waals surface area contributed by atoms with E-state index in [-0.39, 0.29) is 23.8 Å². The number of nitrogens with zero attached hydrogens (tertiary/aromatic N) is 4. The first kappa shape index (κ1) is 24.3. The van der Waals surface area contributed by atoms with Crippen LogP contribution in [0.3, 0.4) is 0 Å². The van der Waals surface area contributed by atoms with Gasteiger partial charge in [-0.15, -0.1) is 0 Å². The van der Waals surface area contributed by atoms with Crippen LogP contribution < -0.4 is 16.4 Å². The molecule has 34 heavy (non-hydrogen) atoms. The van der Waals surface area contributed by atoms with Gasteiger partial charge in [-0.3, -0.25) is 4.57 Å². The van der Waals surface area contributed by atoms with Gasteiger partial charge in [-0.05, 0) is 48.1 Å². The Morgan fingerprint density at radius 1 is 1.21 bits per heavy atom. The summed E-state index contributed by atoms with van der Waals surface area (Å²) in [4.78, 5) is 24.7. The Morgan fingerprint density at radius 3 is 2.76 bits per heavy atom. The minimum atomic E-state index is -0.174. The number of aromatic nitrogens is 4. The van der Waals surface area contributed by atoms with Crippen LogP contribution in [0.5, 0.6) is 0 Å². The number of benzene rings is 1. The maximum Gasteiger partial charge on any atom is 0.319 e.